The molecule has 2 aliphatic heterocycles. The van der Waals surface area contributed by atoms with E-state index in [9.17, 15) is 4.79 Å². The molecule has 0 bridgehead atoms. The number of rotatable bonds is 2. The fraction of sp³-hybridized carbons (Fsp3) is 0.600. The molecule has 2 saturated heterocycles. The van der Waals surface area contributed by atoms with Crippen molar-refractivity contribution in [2.24, 2.45) is 0 Å². The number of amides is 2. The van der Waals surface area contributed by atoms with Gasteiger partial charge in [0.2, 0.25) is 0 Å². The van der Waals surface area contributed by atoms with E-state index in [0.29, 0.717) is 16.9 Å². The summed E-state index contributed by atoms with van der Waals surface area (Å²) < 4.78 is 0. The van der Waals surface area contributed by atoms with Crippen molar-refractivity contribution in [3.05, 3.63) is 23.5 Å². The molecule has 2 fully saturated rings. The second kappa shape index (κ2) is 7.53. The summed E-state index contributed by atoms with van der Waals surface area (Å²) in [5.74, 6) is 2.48. The Balaban J connectivity index is 1.48. The van der Waals surface area contributed by atoms with Crippen LogP contribution >= 0.6 is 23.4 Å². The number of anilines is 1. The molecule has 0 aliphatic carbocycles. The predicted octanol–water partition coefficient (Wildman–Crippen LogP) is 2.78. The third kappa shape index (κ3) is 4.06. The SMILES string of the molecule is O=C(Nc1ccc(Cl)nc1)N1CCC(N2CCSCC2)CC1. The minimum Gasteiger partial charge on any atom is -0.324 e. The number of likely N-dealkylation sites (tertiary alicyclic amines) is 1. The van der Waals surface area contributed by atoms with Crippen LogP contribution in [0, 0.1) is 0 Å². The molecule has 22 heavy (non-hydrogen) atoms. The molecule has 0 atom stereocenters. The Morgan fingerprint density at radius 2 is 1.95 bits per heavy atom. The highest BCUT2D eigenvalue weighted by molar-refractivity contribution is 7.99. The second-order valence-electron chi connectivity index (χ2n) is 5.67. The molecule has 2 amide bonds. The first-order chi connectivity index (χ1) is 10.7. The summed E-state index contributed by atoms with van der Waals surface area (Å²) in [4.78, 5) is 20.7. The number of hydrogen-bond donors (Lipinski definition) is 1. The molecule has 0 aromatic carbocycles. The highest BCUT2D eigenvalue weighted by atomic mass is 35.5. The zero-order valence-corrected chi connectivity index (χ0v) is 14.1. The quantitative estimate of drug-likeness (QED) is 0.841. The Hall–Kier alpha value is -0.980. The van der Waals surface area contributed by atoms with Gasteiger partial charge in [-0.25, -0.2) is 9.78 Å². The van der Waals surface area contributed by atoms with Crippen LogP contribution in [0.2, 0.25) is 5.15 Å². The van der Waals surface area contributed by atoms with Gasteiger partial charge in [-0.05, 0) is 25.0 Å². The number of aromatic nitrogens is 1. The van der Waals surface area contributed by atoms with Crippen molar-refractivity contribution >= 4 is 35.1 Å². The van der Waals surface area contributed by atoms with Gasteiger partial charge in [-0.15, -0.1) is 0 Å². The van der Waals surface area contributed by atoms with Crippen LogP contribution in [0.5, 0.6) is 0 Å². The number of nitrogens with zero attached hydrogens (tertiary/aromatic N) is 3. The molecule has 1 aromatic rings. The number of piperidine rings is 1. The average Bonchev–Trinajstić information content (AvgIpc) is 2.58. The molecule has 3 rings (SSSR count). The van der Waals surface area contributed by atoms with Crippen LogP contribution in [0.25, 0.3) is 0 Å². The normalized spacial score (nSPS) is 20.9. The van der Waals surface area contributed by atoms with Crippen LogP contribution in [0.3, 0.4) is 0 Å². The van der Waals surface area contributed by atoms with Gasteiger partial charge >= 0.3 is 6.03 Å². The van der Waals surface area contributed by atoms with Crippen molar-refractivity contribution in [3.8, 4) is 0 Å². The van der Waals surface area contributed by atoms with E-state index in [0.717, 1.165) is 25.9 Å². The van der Waals surface area contributed by atoms with E-state index in [4.69, 9.17) is 11.6 Å². The average molecular weight is 341 g/mol. The van der Waals surface area contributed by atoms with Crippen molar-refractivity contribution in [2.75, 3.05) is 43.0 Å². The van der Waals surface area contributed by atoms with Crippen molar-refractivity contribution in [1.82, 2.24) is 14.8 Å². The van der Waals surface area contributed by atoms with E-state index >= 15 is 0 Å². The summed E-state index contributed by atoms with van der Waals surface area (Å²) in [5, 5.41) is 3.31. The zero-order chi connectivity index (χ0) is 15.4. The van der Waals surface area contributed by atoms with Gasteiger partial charge in [-0.1, -0.05) is 11.6 Å². The standard InChI is InChI=1S/C15H21ClN4OS/c16-14-2-1-12(11-17-14)18-15(21)20-5-3-13(4-6-20)19-7-9-22-10-8-19/h1-2,11,13H,3-10H2,(H,18,21). The molecule has 7 heteroatoms. The molecular weight excluding hydrogens is 320 g/mol. The number of urea groups is 1. The van der Waals surface area contributed by atoms with Crippen molar-refractivity contribution in [2.45, 2.75) is 18.9 Å². The predicted molar refractivity (Wildman–Crippen MR) is 91.8 cm³/mol. The topological polar surface area (TPSA) is 48.5 Å². The lowest BCUT2D eigenvalue weighted by molar-refractivity contribution is 0.130. The maximum Gasteiger partial charge on any atom is 0.321 e. The lowest BCUT2D eigenvalue weighted by Crippen LogP contribution is -2.49. The number of halogens is 1. The van der Waals surface area contributed by atoms with Crippen LogP contribution < -0.4 is 5.32 Å². The Bertz CT molecular complexity index is 499. The third-order valence-electron chi connectivity index (χ3n) is 4.29. The van der Waals surface area contributed by atoms with E-state index < -0.39 is 0 Å². The fourth-order valence-electron chi connectivity index (χ4n) is 3.03. The van der Waals surface area contributed by atoms with Gasteiger partial charge in [0.05, 0.1) is 11.9 Å². The molecule has 1 aromatic heterocycles. The van der Waals surface area contributed by atoms with E-state index in [1.54, 1.807) is 18.3 Å². The minimum absolute atomic E-state index is 0.0447. The van der Waals surface area contributed by atoms with E-state index in [-0.39, 0.29) is 6.03 Å². The van der Waals surface area contributed by atoms with Gasteiger partial charge in [0.1, 0.15) is 5.15 Å². The maximum atomic E-state index is 12.3. The van der Waals surface area contributed by atoms with E-state index in [1.807, 2.05) is 16.7 Å². The Morgan fingerprint density at radius 3 is 2.59 bits per heavy atom. The fourth-order valence-corrected chi connectivity index (χ4v) is 4.07. The summed E-state index contributed by atoms with van der Waals surface area (Å²) in [7, 11) is 0. The number of carbonyl (C=O) groups excluding carboxylic acids is 1. The van der Waals surface area contributed by atoms with Crippen LogP contribution in [0.15, 0.2) is 18.3 Å². The highest BCUT2D eigenvalue weighted by Gasteiger charge is 2.27. The number of thioether (sulfide) groups is 1. The molecule has 2 aliphatic rings. The van der Waals surface area contributed by atoms with Crippen LogP contribution in [0.4, 0.5) is 10.5 Å². The smallest absolute Gasteiger partial charge is 0.321 e. The number of pyridine rings is 1. The Morgan fingerprint density at radius 1 is 1.23 bits per heavy atom. The van der Waals surface area contributed by atoms with Crippen LogP contribution in [0.1, 0.15) is 12.8 Å². The second-order valence-corrected chi connectivity index (χ2v) is 7.28. The Kier molecular flexibility index (Phi) is 5.44. The molecule has 0 saturated carbocycles. The van der Waals surface area contributed by atoms with Gasteiger partial charge in [-0.3, -0.25) is 4.90 Å². The summed E-state index contributed by atoms with van der Waals surface area (Å²) in [6.07, 6.45) is 3.71. The lowest BCUT2D eigenvalue weighted by Gasteiger charge is -2.40. The summed E-state index contributed by atoms with van der Waals surface area (Å²) in [5.41, 5.74) is 0.685. The van der Waals surface area contributed by atoms with Crippen molar-refractivity contribution < 1.29 is 4.79 Å². The number of hydrogen-bond acceptors (Lipinski definition) is 4. The first-order valence-corrected chi connectivity index (χ1v) is 9.25. The molecule has 120 valence electrons. The maximum absolute atomic E-state index is 12.3. The Labute approximate surface area is 140 Å². The van der Waals surface area contributed by atoms with Crippen molar-refractivity contribution in [1.29, 1.82) is 0 Å². The minimum atomic E-state index is -0.0447. The number of nitrogens with one attached hydrogen (secondary N) is 1. The van der Waals surface area contributed by atoms with Gasteiger partial charge in [-0.2, -0.15) is 11.8 Å². The monoisotopic (exact) mass is 340 g/mol. The van der Waals surface area contributed by atoms with Gasteiger partial charge in [0.25, 0.3) is 0 Å². The lowest BCUT2D eigenvalue weighted by atomic mass is 10.0. The van der Waals surface area contributed by atoms with Gasteiger partial charge < -0.3 is 10.2 Å². The van der Waals surface area contributed by atoms with Gasteiger partial charge in [0.15, 0.2) is 0 Å². The summed E-state index contributed by atoms with van der Waals surface area (Å²) in [6.45, 7) is 4.03. The summed E-state index contributed by atoms with van der Waals surface area (Å²) in [6, 6.07) is 4.04. The first-order valence-electron chi connectivity index (χ1n) is 7.71. The van der Waals surface area contributed by atoms with Crippen LogP contribution in [-0.4, -0.2) is 64.5 Å². The molecule has 3 heterocycles. The third-order valence-corrected chi connectivity index (χ3v) is 5.46. The molecule has 0 spiro atoms. The molecule has 0 unspecified atom stereocenters. The molecule has 1 N–H and O–H groups in total. The number of carbonyl (C=O) groups is 1. The van der Waals surface area contributed by atoms with E-state index in [1.165, 1.54) is 24.6 Å². The van der Waals surface area contributed by atoms with E-state index in [2.05, 4.69) is 15.2 Å². The molecular formula is C15H21ClN4OS. The largest absolute Gasteiger partial charge is 0.324 e. The summed E-state index contributed by atoms with van der Waals surface area (Å²) >= 11 is 7.79. The van der Waals surface area contributed by atoms with Crippen LogP contribution in [-0.2, 0) is 0 Å². The van der Waals surface area contributed by atoms with Crippen molar-refractivity contribution in [3.63, 3.8) is 0 Å². The zero-order valence-electron chi connectivity index (χ0n) is 12.5. The highest BCUT2D eigenvalue weighted by Crippen LogP contribution is 2.21. The van der Waals surface area contributed by atoms with Gasteiger partial charge in [0, 0.05) is 43.7 Å². The molecule has 5 nitrogen and oxygen atoms in total. The first kappa shape index (κ1) is 15.9. The molecule has 0 radical (unpaired) electrons.